The van der Waals surface area contributed by atoms with E-state index in [1.165, 1.54) is 35.6 Å². The van der Waals surface area contributed by atoms with Crippen molar-refractivity contribution in [1.29, 1.82) is 0 Å². The largest absolute Gasteiger partial charge is 0.309 e. The molecule has 0 aliphatic heterocycles. The molecule has 28 heavy (non-hydrogen) atoms. The van der Waals surface area contributed by atoms with E-state index >= 15 is 0 Å². The molecule has 1 aromatic carbocycles. The fourth-order valence-electron chi connectivity index (χ4n) is 2.76. The van der Waals surface area contributed by atoms with E-state index in [-0.39, 0.29) is 10.5 Å². The molecule has 0 aliphatic rings. The van der Waals surface area contributed by atoms with Gasteiger partial charge in [-0.1, -0.05) is 6.07 Å². The Bertz CT molecular complexity index is 1140. The summed E-state index contributed by atoms with van der Waals surface area (Å²) < 4.78 is 25.2. The normalized spacial score (nSPS) is 11.2. The molecule has 0 atom stereocenters. The van der Waals surface area contributed by atoms with Crippen molar-refractivity contribution >= 4 is 33.0 Å². The van der Waals surface area contributed by atoms with Gasteiger partial charge < -0.3 is 4.57 Å². The second-order valence-electron chi connectivity index (χ2n) is 6.30. The van der Waals surface area contributed by atoms with Gasteiger partial charge in [-0.25, -0.2) is 8.42 Å². The average Bonchev–Trinajstić information content (AvgIpc) is 3.25. The highest BCUT2D eigenvalue weighted by atomic mass is 32.2. The van der Waals surface area contributed by atoms with Crippen molar-refractivity contribution in [3.8, 4) is 5.00 Å². The van der Waals surface area contributed by atoms with Gasteiger partial charge in [-0.05, 0) is 55.6 Å². The molecule has 0 saturated heterocycles. The van der Waals surface area contributed by atoms with Crippen LogP contribution in [0.4, 0.5) is 0 Å². The van der Waals surface area contributed by atoms with Crippen LogP contribution in [0.1, 0.15) is 32.1 Å². The van der Waals surface area contributed by atoms with E-state index in [1.54, 1.807) is 11.4 Å². The summed E-state index contributed by atoms with van der Waals surface area (Å²) in [6.45, 7) is 3.90. The molecule has 0 bridgehead atoms. The standard InChI is InChI=1S/C19H19N3O4S2/c1-12-7-8-13(2)22(12)19-16(9-10-27-19)18(24)21-20-17(23)14-5-4-6-15(11-14)28(3,25)26/h4-11H,1-3H3,(H,20,23)(H,21,24). The molecule has 0 saturated carbocycles. The molecule has 0 aliphatic carbocycles. The van der Waals surface area contributed by atoms with E-state index in [1.807, 2.05) is 30.5 Å². The summed E-state index contributed by atoms with van der Waals surface area (Å²) in [7, 11) is -3.43. The Kier molecular flexibility index (Phi) is 5.39. The molecule has 146 valence electrons. The van der Waals surface area contributed by atoms with Gasteiger partial charge in [0.15, 0.2) is 9.84 Å². The van der Waals surface area contributed by atoms with Crippen molar-refractivity contribution in [3.63, 3.8) is 0 Å². The van der Waals surface area contributed by atoms with E-state index in [0.29, 0.717) is 5.56 Å². The first-order valence-electron chi connectivity index (χ1n) is 8.32. The third-order valence-corrected chi connectivity index (χ3v) is 6.19. The third-order valence-electron chi connectivity index (χ3n) is 4.18. The molecular formula is C19H19N3O4S2. The number of carbonyl (C=O) groups is 2. The lowest BCUT2D eigenvalue weighted by Crippen LogP contribution is -2.41. The zero-order valence-electron chi connectivity index (χ0n) is 15.5. The molecule has 0 fully saturated rings. The minimum atomic E-state index is -3.43. The molecule has 7 nitrogen and oxygen atoms in total. The summed E-state index contributed by atoms with van der Waals surface area (Å²) in [5, 5.41) is 2.56. The van der Waals surface area contributed by atoms with Crippen LogP contribution in [0, 0.1) is 13.8 Å². The maximum atomic E-state index is 12.6. The summed E-state index contributed by atoms with van der Waals surface area (Å²) in [4.78, 5) is 24.9. The maximum Gasteiger partial charge on any atom is 0.272 e. The van der Waals surface area contributed by atoms with Gasteiger partial charge in [0.2, 0.25) is 0 Å². The van der Waals surface area contributed by atoms with E-state index in [4.69, 9.17) is 0 Å². The summed E-state index contributed by atoms with van der Waals surface area (Å²) >= 11 is 1.42. The predicted molar refractivity (Wildman–Crippen MR) is 108 cm³/mol. The topological polar surface area (TPSA) is 97.3 Å². The van der Waals surface area contributed by atoms with Crippen molar-refractivity contribution in [2.75, 3.05) is 6.26 Å². The Labute approximate surface area is 166 Å². The van der Waals surface area contributed by atoms with Gasteiger partial charge in [-0.15, -0.1) is 11.3 Å². The number of carbonyl (C=O) groups excluding carboxylic acids is 2. The van der Waals surface area contributed by atoms with Crippen LogP contribution in [0.5, 0.6) is 0 Å². The number of amides is 2. The molecule has 0 radical (unpaired) electrons. The zero-order valence-corrected chi connectivity index (χ0v) is 17.1. The Morgan fingerprint density at radius 1 is 0.964 bits per heavy atom. The summed E-state index contributed by atoms with van der Waals surface area (Å²) in [5.41, 5.74) is 7.27. The third kappa shape index (κ3) is 4.00. The SMILES string of the molecule is Cc1ccc(C)n1-c1sccc1C(=O)NNC(=O)c1cccc(S(C)(=O)=O)c1. The zero-order chi connectivity index (χ0) is 20.5. The van der Waals surface area contributed by atoms with E-state index in [2.05, 4.69) is 10.9 Å². The smallest absolute Gasteiger partial charge is 0.272 e. The van der Waals surface area contributed by atoms with Gasteiger partial charge in [0, 0.05) is 23.2 Å². The van der Waals surface area contributed by atoms with Crippen LogP contribution in [0.3, 0.4) is 0 Å². The van der Waals surface area contributed by atoms with E-state index in [0.717, 1.165) is 22.6 Å². The van der Waals surface area contributed by atoms with Crippen LogP contribution in [-0.4, -0.2) is 31.1 Å². The van der Waals surface area contributed by atoms with Crippen molar-refractivity contribution in [3.05, 3.63) is 70.4 Å². The molecule has 2 aromatic heterocycles. The predicted octanol–water partition coefficient (Wildman–Crippen LogP) is 2.63. The van der Waals surface area contributed by atoms with Crippen LogP contribution >= 0.6 is 11.3 Å². The van der Waals surface area contributed by atoms with Gasteiger partial charge in [0.25, 0.3) is 11.8 Å². The van der Waals surface area contributed by atoms with Gasteiger partial charge in [0.1, 0.15) is 5.00 Å². The molecule has 2 heterocycles. The van der Waals surface area contributed by atoms with Crippen molar-refractivity contribution in [1.82, 2.24) is 15.4 Å². The van der Waals surface area contributed by atoms with Gasteiger partial charge >= 0.3 is 0 Å². The first-order valence-corrected chi connectivity index (χ1v) is 11.1. The molecule has 9 heteroatoms. The number of hydrogen-bond donors (Lipinski definition) is 2. The van der Waals surface area contributed by atoms with Gasteiger partial charge in [-0.2, -0.15) is 0 Å². The first kappa shape index (κ1) is 19.8. The highest BCUT2D eigenvalue weighted by Crippen LogP contribution is 2.25. The molecule has 0 unspecified atom stereocenters. The number of hydrazine groups is 1. The highest BCUT2D eigenvalue weighted by Gasteiger charge is 2.18. The lowest BCUT2D eigenvalue weighted by molar-refractivity contribution is 0.0847. The van der Waals surface area contributed by atoms with Crippen LogP contribution in [0.25, 0.3) is 5.00 Å². The van der Waals surface area contributed by atoms with Crippen molar-refractivity contribution in [2.24, 2.45) is 0 Å². The molecule has 2 N–H and O–H groups in total. The lowest BCUT2D eigenvalue weighted by atomic mass is 10.2. The number of nitrogens with zero attached hydrogens (tertiary/aromatic N) is 1. The number of aryl methyl sites for hydroxylation is 2. The Morgan fingerprint density at radius 2 is 1.61 bits per heavy atom. The van der Waals surface area contributed by atoms with Crippen LogP contribution in [0.2, 0.25) is 0 Å². The number of sulfone groups is 1. The van der Waals surface area contributed by atoms with E-state index < -0.39 is 21.7 Å². The minimum Gasteiger partial charge on any atom is -0.309 e. The number of rotatable bonds is 4. The second-order valence-corrected chi connectivity index (χ2v) is 9.21. The molecule has 2 amide bonds. The molecular weight excluding hydrogens is 398 g/mol. The van der Waals surface area contributed by atoms with Crippen LogP contribution in [0.15, 0.2) is 52.7 Å². The van der Waals surface area contributed by atoms with Crippen LogP contribution in [-0.2, 0) is 9.84 Å². The summed E-state index contributed by atoms with van der Waals surface area (Å²) in [6, 6.07) is 11.2. The quantitative estimate of drug-likeness (QED) is 0.638. The number of benzene rings is 1. The molecule has 3 rings (SSSR count). The second kappa shape index (κ2) is 7.61. The Hall–Kier alpha value is -2.91. The monoisotopic (exact) mass is 417 g/mol. The van der Waals surface area contributed by atoms with Crippen molar-refractivity contribution < 1.29 is 18.0 Å². The van der Waals surface area contributed by atoms with Gasteiger partial charge in [-0.3, -0.25) is 20.4 Å². The number of nitrogens with one attached hydrogen (secondary N) is 2. The highest BCUT2D eigenvalue weighted by molar-refractivity contribution is 7.90. The number of hydrogen-bond acceptors (Lipinski definition) is 5. The Morgan fingerprint density at radius 3 is 2.25 bits per heavy atom. The molecule has 3 aromatic rings. The van der Waals surface area contributed by atoms with Crippen molar-refractivity contribution in [2.45, 2.75) is 18.7 Å². The fraction of sp³-hybridized carbons (Fsp3) is 0.158. The summed E-state index contributed by atoms with van der Waals surface area (Å²) in [6.07, 6.45) is 1.06. The molecule has 0 spiro atoms. The minimum absolute atomic E-state index is 0.0326. The summed E-state index contributed by atoms with van der Waals surface area (Å²) in [5.74, 6) is -1.07. The van der Waals surface area contributed by atoms with Crippen LogP contribution < -0.4 is 10.9 Å². The number of aromatic nitrogens is 1. The Balaban J connectivity index is 1.76. The fourth-order valence-corrected chi connectivity index (χ4v) is 4.44. The number of thiophene rings is 1. The van der Waals surface area contributed by atoms with Gasteiger partial charge in [0.05, 0.1) is 10.5 Å². The average molecular weight is 418 g/mol. The first-order chi connectivity index (χ1) is 13.2. The van der Waals surface area contributed by atoms with E-state index in [9.17, 15) is 18.0 Å². The lowest BCUT2D eigenvalue weighted by Gasteiger charge is -2.11. The maximum absolute atomic E-state index is 12.6.